The molecule has 128 valence electrons. The van der Waals surface area contributed by atoms with Gasteiger partial charge in [0.15, 0.2) is 12.4 Å². The molecule has 0 radical (unpaired) electrons. The van der Waals surface area contributed by atoms with Crippen LogP contribution in [0.25, 0.3) is 0 Å². The van der Waals surface area contributed by atoms with E-state index in [4.69, 9.17) is 32.5 Å². The number of hydrogen-bond donors (Lipinski definition) is 1. The van der Waals surface area contributed by atoms with Gasteiger partial charge in [-0.15, -0.1) is 0 Å². The molecule has 3 aromatic rings. The Morgan fingerprint density at radius 3 is 2.56 bits per heavy atom. The fourth-order valence-electron chi connectivity index (χ4n) is 2.06. The standard InChI is InChI=1S/C17H13Cl2N3O3/c18-11-6-12(19)8-13(7-11)20-16(23)9-15-21-17(25-22-15)10-24-14-4-2-1-3-5-14/h1-8H,9-10H2,(H,20,23). The number of aromatic nitrogens is 2. The van der Waals surface area contributed by atoms with Crippen LogP contribution < -0.4 is 10.1 Å². The summed E-state index contributed by atoms with van der Waals surface area (Å²) in [6.45, 7) is 0.128. The number of hydrogen-bond acceptors (Lipinski definition) is 5. The first kappa shape index (κ1) is 17.3. The van der Waals surface area contributed by atoms with Crippen molar-refractivity contribution in [3.05, 3.63) is 70.3 Å². The van der Waals surface area contributed by atoms with Gasteiger partial charge in [0, 0.05) is 15.7 Å². The van der Waals surface area contributed by atoms with Crippen LogP contribution in [0.1, 0.15) is 11.7 Å². The van der Waals surface area contributed by atoms with E-state index in [1.165, 1.54) is 0 Å². The number of amides is 1. The Kier molecular flexibility index (Phi) is 5.53. The third-order valence-corrected chi connectivity index (χ3v) is 3.52. The first-order valence-electron chi connectivity index (χ1n) is 7.34. The van der Waals surface area contributed by atoms with E-state index in [1.54, 1.807) is 18.2 Å². The van der Waals surface area contributed by atoms with Crippen molar-refractivity contribution >= 4 is 34.8 Å². The minimum atomic E-state index is -0.310. The molecule has 0 unspecified atom stereocenters. The molecule has 1 N–H and O–H groups in total. The van der Waals surface area contributed by atoms with Gasteiger partial charge in [-0.25, -0.2) is 0 Å². The van der Waals surface area contributed by atoms with Crippen molar-refractivity contribution in [3.8, 4) is 5.75 Å². The molecule has 1 amide bonds. The molecule has 8 heteroatoms. The predicted molar refractivity (Wildman–Crippen MR) is 93.9 cm³/mol. The number of carbonyl (C=O) groups excluding carboxylic acids is 1. The van der Waals surface area contributed by atoms with Crippen molar-refractivity contribution < 1.29 is 14.1 Å². The van der Waals surface area contributed by atoms with Crippen LogP contribution in [-0.2, 0) is 17.8 Å². The van der Waals surface area contributed by atoms with Gasteiger partial charge in [-0.3, -0.25) is 4.79 Å². The molecule has 0 bridgehead atoms. The number of anilines is 1. The molecule has 3 rings (SSSR count). The summed E-state index contributed by atoms with van der Waals surface area (Å²) in [5.41, 5.74) is 0.499. The van der Waals surface area contributed by atoms with Crippen molar-refractivity contribution in [2.45, 2.75) is 13.0 Å². The van der Waals surface area contributed by atoms with E-state index >= 15 is 0 Å². The summed E-state index contributed by atoms with van der Waals surface area (Å²) in [5, 5.41) is 7.31. The Morgan fingerprint density at radius 1 is 1.12 bits per heavy atom. The lowest BCUT2D eigenvalue weighted by Crippen LogP contribution is -2.15. The van der Waals surface area contributed by atoms with E-state index in [1.807, 2.05) is 30.3 Å². The van der Waals surface area contributed by atoms with Crippen LogP contribution in [0.4, 0.5) is 5.69 Å². The number of nitrogens with one attached hydrogen (secondary N) is 1. The van der Waals surface area contributed by atoms with Crippen LogP contribution in [-0.4, -0.2) is 16.0 Å². The van der Waals surface area contributed by atoms with Crippen LogP contribution in [0.3, 0.4) is 0 Å². The van der Waals surface area contributed by atoms with Gasteiger partial charge in [0.1, 0.15) is 5.75 Å². The van der Waals surface area contributed by atoms with Crippen LogP contribution in [0.2, 0.25) is 10.0 Å². The van der Waals surface area contributed by atoms with Crippen LogP contribution in [0, 0.1) is 0 Å². The Labute approximate surface area is 153 Å². The number of rotatable bonds is 6. The van der Waals surface area contributed by atoms with Crippen molar-refractivity contribution in [1.82, 2.24) is 10.1 Å². The largest absolute Gasteiger partial charge is 0.484 e. The predicted octanol–water partition coefficient (Wildman–Crippen LogP) is 4.14. The molecule has 0 fully saturated rings. The molecule has 0 saturated heterocycles. The second-order valence-electron chi connectivity index (χ2n) is 5.09. The second-order valence-corrected chi connectivity index (χ2v) is 5.96. The summed E-state index contributed by atoms with van der Waals surface area (Å²) in [6.07, 6.45) is -0.0427. The minimum Gasteiger partial charge on any atom is -0.484 e. The van der Waals surface area contributed by atoms with E-state index < -0.39 is 0 Å². The molecule has 0 aliphatic carbocycles. The normalized spacial score (nSPS) is 10.5. The highest BCUT2D eigenvalue weighted by Gasteiger charge is 2.12. The topological polar surface area (TPSA) is 77.2 Å². The highest BCUT2D eigenvalue weighted by molar-refractivity contribution is 6.35. The molecule has 1 heterocycles. The highest BCUT2D eigenvalue weighted by atomic mass is 35.5. The first-order valence-corrected chi connectivity index (χ1v) is 8.09. The molecule has 0 saturated carbocycles. The molecule has 0 atom stereocenters. The molecular formula is C17H13Cl2N3O3. The maximum Gasteiger partial charge on any atom is 0.264 e. The van der Waals surface area contributed by atoms with Gasteiger partial charge < -0.3 is 14.6 Å². The molecule has 0 spiro atoms. The van der Waals surface area contributed by atoms with Crippen LogP contribution in [0.5, 0.6) is 5.75 Å². The van der Waals surface area contributed by atoms with Crippen molar-refractivity contribution in [2.24, 2.45) is 0 Å². The highest BCUT2D eigenvalue weighted by Crippen LogP contribution is 2.22. The Morgan fingerprint density at radius 2 is 1.84 bits per heavy atom. The summed E-state index contributed by atoms with van der Waals surface area (Å²) >= 11 is 11.8. The van der Waals surface area contributed by atoms with Crippen molar-refractivity contribution in [2.75, 3.05) is 5.32 Å². The quantitative estimate of drug-likeness (QED) is 0.698. The average molecular weight is 378 g/mol. The maximum absolute atomic E-state index is 12.0. The third-order valence-electron chi connectivity index (χ3n) is 3.08. The molecule has 0 aliphatic heterocycles. The zero-order valence-corrected chi connectivity index (χ0v) is 14.4. The van der Waals surface area contributed by atoms with Gasteiger partial charge in [-0.1, -0.05) is 46.6 Å². The second kappa shape index (κ2) is 8.00. The van der Waals surface area contributed by atoms with Gasteiger partial charge in [-0.05, 0) is 30.3 Å². The van der Waals surface area contributed by atoms with Gasteiger partial charge in [0.05, 0.1) is 6.42 Å². The third kappa shape index (κ3) is 5.20. The van der Waals surface area contributed by atoms with Crippen LogP contribution in [0.15, 0.2) is 53.1 Å². The molecule has 0 aliphatic rings. The monoisotopic (exact) mass is 377 g/mol. The lowest BCUT2D eigenvalue weighted by molar-refractivity contribution is -0.115. The number of benzene rings is 2. The summed E-state index contributed by atoms with van der Waals surface area (Å²) in [6, 6.07) is 14.0. The van der Waals surface area contributed by atoms with E-state index in [-0.39, 0.29) is 30.7 Å². The zero-order valence-electron chi connectivity index (χ0n) is 12.9. The molecule has 6 nitrogen and oxygen atoms in total. The van der Waals surface area contributed by atoms with Crippen LogP contribution >= 0.6 is 23.2 Å². The summed E-state index contributed by atoms with van der Waals surface area (Å²) < 4.78 is 10.6. The lowest BCUT2D eigenvalue weighted by atomic mass is 10.3. The number of halogens is 2. The fourth-order valence-corrected chi connectivity index (χ4v) is 2.58. The molecule has 25 heavy (non-hydrogen) atoms. The number of nitrogens with zero attached hydrogens (tertiary/aromatic N) is 2. The van der Waals surface area contributed by atoms with Gasteiger partial charge >= 0.3 is 0 Å². The average Bonchev–Trinajstić information content (AvgIpc) is 3.00. The Hall–Kier alpha value is -2.57. The van der Waals surface area contributed by atoms with E-state index in [0.29, 0.717) is 21.5 Å². The fraction of sp³-hybridized carbons (Fsp3) is 0.118. The zero-order chi connectivity index (χ0) is 17.6. The summed E-state index contributed by atoms with van der Waals surface area (Å²) in [5.74, 6) is 0.933. The maximum atomic E-state index is 12.0. The first-order chi connectivity index (χ1) is 12.1. The summed E-state index contributed by atoms with van der Waals surface area (Å²) in [7, 11) is 0. The van der Waals surface area contributed by atoms with Gasteiger partial charge in [0.25, 0.3) is 5.89 Å². The van der Waals surface area contributed by atoms with Crippen molar-refractivity contribution in [3.63, 3.8) is 0 Å². The van der Waals surface area contributed by atoms with Crippen molar-refractivity contribution in [1.29, 1.82) is 0 Å². The SMILES string of the molecule is O=C(Cc1noc(COc2ccccc2)n1)Nc1cc(Cl)cc(Cl)c1. The smallest absolute Gasteiger partial charge is 0.264 e. The Bertz CT molecular complexity index is 848. The number of ether oxygens (including phenoxy) is 1. The molecule has 2 aromatic carbocycles. The minimum absolute atomic E-state index is 0.0427. The van der Waals surface area contributed by atoms with Gasteiger partial charge in [0.2, 0.25) is 5.91 Å². The molecule has 1 aromatic heterocycles. The van der Waals surface area contributed by atoms with E-state index in [9.17, 15) is 4.79 Å². The Balaban J connectivity index is 1.54. The summed E-state index contributed by atoms with van der Waals surface area (Å²) in [4.78, 5) is 16.2. The number of para-hydroxylation sites is 1. The van der Waals surface area contributed by atoms with E-state index in [0.717, 1.165) is 0 Å². The van der Waals surface area contributed by atoms with E-state index in [2.05, 4.69) is 15.5 Å². The number of carbonyl (C=O) groups is 1. The van der Waals surface area contributed by atoms with Gasteiger partial charge in [-0.2, -0.15) is 4.98 Å². The lowest BCUT2D eigenvalue weighted by Gasteiger charge is -2.04. The molecular weight excluding hydrogens is 365 g/mol.